The monoisotopic (exact) mass is 686 g/mol. The summed E-state index contributed by atoms with van der Waals surface area (Å²) in [5.74, 6) is 0.938. The van der Waals surface area contributed by atoms with Gasteiger partial charge in [0.2, 0.25) is 0 Å². The summed E-state index contributed by atoms with van der Waals surface area (Å²) in [6, 6.07) is 61.4. The first kappa shape index (κ1) is 29.3. The van der Waals surface area contributed by atoms with Gasteiger partial charge in [-0.15, -0.1) is 0 Å². The molecular weight excluding hydrogens is 657 g/mol. The van der Waals surface area contributed by atoms with Crippen LogP contribution in [0, 0.1) is 0 Å². The van der Waals surface area contributed by atoms with Crippen molar-refractivity contribution in [3.8, 4) is 56.1 Å². The zero-order valence-electron chi connectivity index (χ0n) is 29.1. The van der Waals surface area contributed by atoms with E-state index in [1.165, 1.54) is 65.8 Å². The van der Waals surface area contributed by atoms with Crippen LogP contribution in [0.2, 0.25) is 0 Å². The van der Waals surface area contributed by atoms with E-state index in [0.29, 0.717) is 0 Å². The molecule has 0 atom stereocenters. The van der Waals surface area contributed by atoms with Crippen molar-refractivity contribution in [3.05, 3.63) is 182 Å². The van der Waals surface area contributed by atoms with Gasteiger partial charge in [0.1, 0.15) is 5.82 Å². The molecule has 0 spiro atoms. The topological polar surface area (TPSA) is 35.6 Å². The van der Waals surface area contributed by atoms with E-state index in [1.807, 2.05) is 18.5 Å². The number of hydrogen-bond acceptors (Lipinski definition) is 2. The summed E-state index contributed by atoms with van der Waals surface area (Å²) in [5, 5.41) is 7.25. The molecule has 4 nitrogen and oxygen atoms in total. The van der Waals surface area contributed by atoms with Gasteiger partial charge in [-0.3, -0.25) is 9.55 Å². The van der Waals surface area contributed by atoms with Gasteiger partial charge in [-0.2, -0.15) is 0 Å². The second kappa shape index (κ2) is 11.1. The van der Waals surface area contributed by atoms with E-state index in [-0.39, 0.29) is 0 Å². The van der Waals surface area contributed by atoms with Gasteiger partial charge >= 0.3 is 0 Å². The van der Waals surface area contributed by atoms with Crippen LogP contribution in [0.3, 0.4) is 0 Å². The lowest BCUT2D eigenvalue weighted by molar-refractivity contribution is 1.10. The van der Waals surface area contributed by atoms with E-state index in [2.05, 4.69) is 173 Å². The summed E-state index contributed by atoms with van der Waals surface area (Å²) >= 11 is 0. The molecular formula is C50H30N4. The van der Waals surface area contributed by atoms with Crippen molar-refractivity contribution in [1.29, 1.82) is 0 Å². The maximum Gasteiger partial charge on any atom is 0.145 e. The lowest BCUT2D eigenvalue weighted by atomic mass is 10.0. The molecule has 0 N–H and O–H groups in total. The third kappa shape index (κ3) is 4.08. The molecule has 0 radical (unpaired) electrons. The molecule has 4 aromatic heterocycles. The minimum Gasteiger partial charge on any atom is -0.309 e. The largest absolute Gasteiger partial charge is 0.309 e. The molecule has 54 heavy (non-hydrogen) atoms. The number of rotatable bonds is 4. The Hall–Kier alpha value is -7.30. The van der Waals surface area contributed by atoms with Crippen molar-refractivity contribution in [3.63, 3.8) is 0 Å². The Kier molecular flexibility index (Phi) is 6.02. The SMILES string of the molecule is c1ccc(-c2cccc(-n3c4ccccc4c4cc(-c5ccc6c(c5)c5ccccc5n6-c5ncc6c7c(cccc57)-c5ncccc5-6)ccc43)c2)cc1. The molecule has 4 heteroatoms. The van der Waals surface area contributed by atoms with Crippen LogP contribution in [-0.2, 0) is 0 Å². The number of aromatic nitrogens is 4. The molecule has 0 amide bonds. The van der Waals surface area contributed by atoms with Gasteiger partial charge in [-0.05, 0) is 76.9 Å². The standard InChI is InChI=1S/C50H30N4/c1-2-11-31(12-3-1)32-13-8-14-35(27-32)53-44-20-6-4-15-36(44)41-28-33(22-24-46(41)53)34-23-25-47-42(29-34)37-16-5-7-21-45(37)54(47)50-40-18-9-17-39-48(40)43(30-52-50)38-19-10-26-51-49(38)39/h1-30H. The maximum absolute atomic E-state index is 5.18. The number of pyridine rings is 2. The second-order valence-corrected chi connectivity index (χ2v) is 14.2. The molecule has 0 saturated carbocycles. The summed E-state index contributed by atoms with van der Waals surface area (Å²) < 4.78 is 4.74. The highest BCUT2D eigenvalue weighted by Crippen LogP contribution is 2.47. The Labute approximate surface area is 310 Å². The molecule has 0 aliphatic heterocycles. The predicted molar refractivity (Wildman–Crippen MR) is 224 cm³/mol. The van der Waals surface area contributed by atoms with Gasteiger partial charge in [0.05, 0.1) is 27.8 Å². The third-order valence-corrected chi connectivity index (χ3v) is 11.3. The minimum atomic E-state index is 0.938. The van der Waals surface area contributed by atoms with Gasteiger partial charge in [0.25, 0.3) is 0 Å². The van der Waals surface area contributed by atoms with Crippen LogP contribution in [0.25, 0.3) is 111 Å². The van der Waals surface area contributed by atoms with Crippen LogP contribution in [-0.4, -0.2) is 19.1 Å². The average Bonchev–Trinajstić information content (AvgIpc) is 3.87. The first-order chi connectivity index (χ1) is 26.8. The highest BCUT2D eigenvalue weighted by Gasteiger charge is 2.25. The van der Waals surface area contributed by atoms with E-state index >= 15 is 0 Å². The number of hydrogen-bond donors (Lipinski definition) is 0. The fourth-order valence-electron chi connectivity index (χ4n) is 8.97. The molecule has 4 heterocycles. The zero-order valence-corrected chi connectivity index (χ0v) is 29.1. The van der Waals surface area contributed by atoms with Crippen LogP contribution >= 0.6 is 0 Å². The van der Waals surface area contributed by atoms with Crippen molar-refractivity contribution < 1.29 is 0 Å². The summed E-state index contributed by atoms with van der Waals surface area (Å²) in [4.78, 5) is 9.94. The first-order valence-electron chi connectivity index (χ1n) is 18.4. The Morgan fingerprint density at radius 3 is 1.72 bits per heavy atom. The van der Waals surface area contributed by atoms with E-state index < -0.39 is 0 Å². The van der Waals surface area contributed by atoms with Gasteiger partial charge in [0.15, 0.2) is 0 Å². The average molecular weight is 687 g/mol. The van der Waals surface area contributed by atoms with E-state index in [9.17, 15) is 0 Å². The van der Waals surface area contributed by atoms with Gasteiger partial charge in [-0.1, -0.05) is 115 Å². The Bertz CT molecular complexity index is 3300. The van der Waals surface area contributed by atoms with Crippen LogP contribution in [0.5, 0.6) is 0 Å². The highest BCUT2D eigenvalue weighted by molar-refractivity contribution is 6.18. The summed E-state index contributed by atoms with van der Waals surface area (Å²) in [6.07, 6.45) is 3.91. The number of benzene rings is 7. The number of nitrogens with zero attached hydrogens (tertiary/aromatic N) is 4. The molecule has 11 aromatic rings. The summed E-state index contributed by atoms with van der Waals surface area (Å²) in [6.45, 7) is 0. The lowest BCUT2D eigenvalue weighted by Gasteiger charge is -2.12. The molecule has 0 bridgehead atoms. The van der Waals surface area contributed by atoms with Crippen molar-refractivity contribution in [2.75, 3.05) is 0 Å². The van der Waals surface area contributed by atoms with Crippen LogP contribution < -0.4 is 0 Å². The van der Waals surface area contributed by atoms with E-state index in [0.717, 1.165) is 44.7 Å². The molecule has 7 aromatic carbocycles. The molecule has 250 valence electrons. The fourth-order valence-corrected chi connectivity index (χ4v) is 8.97. The number of fused-ring (bicyclic) bond motifs is 9. The second-order valence-electron chi connectivity index (χ2n) is 14.2. The summed E-state index contributed by atoms with van der Waals surface area (Å²) in [7, 11) is 0. The van der Waals surface area contributed by atoms with Crippen LogP contribution in [0.15, 0.2) is 182 Å². The Balaban J connectivity index is 1.03. The quantitative estimate of drug-likeness (QED) is 0.185. The molecule has 0 unspecified atom stereocenters. The predicted octanol–water partition coefficient (Wildman–Crippen LogP) is 12.8. The van der Waals surface area contributed by atoms with Crippen molar-refractivity contribution in [1.82, 2.24) is 19.1 Å². The Morgan fingerprint density at radius 2 is 0.944 bits per heavy atom. The smallest absolute Gasteiger partial charge is 0.145 e. The lowest BCUT2D eigenvalue weighted by Crippen LogP contribution is -1.99. The molecule has 0 saturated heterocycles. The highest BCUT2D eigenvalue weighted by atomic mass is 15.1. The van der Waals surface area contributed by atoms with Gasteiger partial charge in [-0.25, -0.2) is 4.98 Å². The van der Waals surface area contributed by atoms with Crippen molar-refractivity contribution in [2.24, 2.45) is 0 Å². The molecule has 0 fully saturated rings. The van der Waals surface area contributed by atoms with E-state index in [1.54, 1.807) is 0 Å². The van der Waals surface area contributed by atoms with Gasteiger partial charge < -0.3 is 4.57 Å². The maximum atomic E-state index is 5.18. The van der Waals surface area contributed by atoms with Crippen molar-refractivity contribution >= 4 is 54.4 Å². The normalized spacial score (nSPS) is 12.1. The fraction of sp³-hybridized carbons (Fsp3) is 0. The van der Waals surface area contributed by atoms with Crippen LogP contribution in [0.1, 0.15) is 0 Å². The van der Waals surface area contributed by atoms with E-state index in [4.69, 9.17) is 9.97 Å². The molecule has 12 rings (SSSR count). The number of para-hydroxylation sites is 2. The van der Waals surface area contributed by atoms with Crippen molar-refractivity contribution in [2.45, 2.75) is 0 Å². The summed E-state index contributed by atoms with van der Waals surface area (Å²) in [5.41, 5.74) is 15.1. The zero-order chi connectivity index (χ0) is 35.3. The van der Waals surface area contributed by atoms with Gasteiger partial charge in [0, 0.05) is 67.1 Å². The minimum absolute atomic E-state index is 0.938. The van der Waals surface area contributed by atoms with Crippen LogP contribution in [0.4, 0.5) is 0 Å². The molecule has 1 aliphatic rings. The molecule has 1 aliphatic carbocycles. The third-order valence-electron chi connectivity index (χ3n) is 11.3. The Morgan fingerprint density at radius 1 is 0.352 bits per heavy atom. The first-order valence-corrected chi connectivity index (χ1v) is 18.4.